The summed E-state index contributed by atoms with van der Waals surface area (Å²) >= 11 is 0. The number of amides is 3. The third-order valence-corrected chi connectivity index (χ3v) is 7.80. The monoisotopic (exact) mass is 475 g/mol. The maximum Gasteiger partial charge on any atom is 0.411 e. The lowest BCUT2D eigenvalue weighted by molar-refractivity contribution is -0.167. The molecule has 3 amide bonds. The SMILES string of the molecule is CC[C@H](C)CN1C[C@@H]2N(C(=O)OCC3c4ccccc4-c4ccccc43)CCC(=O)N2[C@@H](C)C1=O. The Hall–Kier alpha value is -3.35. The van der Waals surface area contributed by atoms with Gasteiger partial charge in [0.1, 0.15) is 18.8 Å². The van der Waals surface area contributed by atoms with E-state index in [1.54, 1.807) is 16.7 Å². The van der Waals surface area contributed by atoms with Crippen LogP contribution in [0.25, 0.3) is 11.1 Å². The summed E-state index contributed by atoms with van der Waals surface area (Å²) in [4.78, 5) is 44.1. The van der Waals surface area contributed by atoms with Crippen molar-refractivity contribution in [1.82, 2.24) is 14.7 Å². The predicted molar refractivity (Wildman–Crippen MR) is 133 cm³/mol. The molecule has 7 heteroatoms. The van der Waals surface area contributed by atoms with Gasteiger partial charge in [0, 0.05) is 25.4 Å². The highest BCUT2D eigenvalue weighted by molar-refractivity contribution is 5.90. The number of benzene rings is 2. The molecule has 3 atom stereocenters. The average molecular weight is 476 g/mol. The molecule has 7 nitrogen and oxygen atoms in total. The van der Waals surface area contributed by atoms with Crippen molar-refractivity contribution in [2.45, 2.75) is 51.7 Å². The van der Waals surface area contributed by atoms with Crippen LogP contribution in [0.2, 0.25) is 0 Å². The van der Waals surface area contributed by atoms with Crippen LogP contribution in [0.5, 0.6) is 0 Å². The Balaban J connectivity index is 1.34. The number of hydrogen-bond donors (Lipinski definition) is 0. The zero-order chi connectivity index (χ0) is 24.7. The molecule has 0 saturated carbocycles. The van der Waals surface area contributed by atoms with Gasteiger partial charge in [-0.15, -0.1) is 0 Å². The van der Waals surface area contributed by atoms with Crippen molar-refractivity contribution in [1.29, 1.82) is 0 Å². The summed E-state index contributed by atoms with van der Waals surface area (Å²) in [5, 5.41) is 0. The fourth-order valence-corrected chi connectivity index (χ4v) is 5.70. The molecule has 2 aromatic rings. The van der Waals surface area contributed by atoms with Crippen LogP contribution >= 0.6 is 0 Å². The van der Waals surface area contributed by atoms with Crippen molar-refractivity contribution in [2.75, 3.05) is 26.2 Å². The van der Waals surface area contributed by atoms with E-state index in [0.29, 0.717) is 25.6 Å². The molecular formula is C28H33N3O4. The molecule has 2 heterocycles. The van der Waals surface area contributed by atoms with Crippen LogP contribution in [0.15, 0.2) is 48.5 Å². The number of rotatable bonds is 5. The number of carbonyl (C=O) groups is 3. The number of piperazine rings is 1. The van der Waals surface area contributed by atoms with Crippen molar-refractivity contribution in [3.05, 3.63) is 59.7 Å². The standard InChI is InChI=1S/C28H33N3O4/c1-4-18(2)15-29-16-25-30(14-13-26(32)31(25)19(3)27(29)33)28(34)35-17-24-22-11-7-5-9-20(22)21-10-6-8-12-23(21)24/h5-12,18-19,24-25H,4,13-17H2,1-3H3/t18-,19-,25+/m0/s1. The topological polar surface area (TPSA) is 70.2 Å². The van der Waals surface area contributed by atoms with Gasteiger partial charge in [-0.2, -0.15) is 0 Å². The van der Waals surface area contributed by atoms with E-state index in [2.05, 4.69) is 38.1 Å². The van der Waals surface area contributed by atoms with E-state index in [4.69, 9.17) is 4.74 Å². The first-order valence-electron chi connectivity index (χ1n) is 12.6. The Morgan fingerprint density at radius 3 is 2.31 bits per heavy atom. The Bertz CT molecular complexity index is 1100. The van der Waals surface area contributed by atoms with Gasteiger partial charge in [-0.05, 0) is 35.1 Å². The van der Waals surface area contributed by atoms with Gasteiger partial charge in [-0.25, -0.2) is 4.79 Å². The molecule has 0 unspecified atom stereocenters. The van der Waals surface area contributed by atoms with E-state index < -0.39 is 18.3 Å². The average Bonchev–Trinajstić information content (AvgIpc) is 3.19. The molecule has 3 aliphatic rings. The zero-order valence-corrected chi connectivity index (χ0v) is 20.6. The van der Waals surface area contributed by atoms with Gasteiger partial charge in [-0.1, -0.05) is 68.8 Å². The van der Waals surface area contributed by atoms with E-state index in [9.17, 15) is 14.4 Å². The fourth-order valence-electron chi connectivity index (χ4n) is 5.70. The van der Waals surface area contributed by atoms with E-state index in [-0.39, 0.29) is 30.8 Å². The molecule has 35 heavy (non-hydrogen) atoms. The smallest absolute Gasteiger partial charge is 0.411 e. The van der Waals surface area contributed by atoms with Crippen molar-refractivity contribution in [3.8, 4) is 11.1 Å². The van der Waals surface area contributed by atoms with Crippen molar-refractivity contribution in [2.24, 2.45) is 5.92 Å². The van der Waals surface area contributed by atoms with Gasteiger partial charge in [0.05, 0.1) is 6.54 Å². The summed E-state index contributed by atoms with van der Waals surface area (Å²) in [7, 11) is 0. The summed E-state index contributed by atoms with van der Waals surface area (Å²) in [5.41, 5.74) is 4.68. The fraction of sp³-hybridized carbons (Fsp3) is 0.464. The van der Waals surface area contributed by atoms with E-state index in [0.717, 1.165) is 17.5 Å². The second kappa shape index (κ2) is 9.36. The first kappa shape index (κ1) is 23.4. The molecule has 0 bridgehead atoms. The molecule has 0 radical (unpaired) electrons. The molecule has 0 spiro atoms. The molecule has 0 aromatic heterocycles. The number of fused-ring (bicyclic) bond motifs is 4. The van der Waals surface area contributed by atoms with E-state index >= 15 is 0 Å². The van der Waals surface area contributed by atoms with E-state index in [1.165, 1.54) is 11.1 Å². The molecule has 0 N–H and O–H groups in total. The molecule has 1 aliphatic carbocycles. The zero-order valence-electron chi connectivity index (χ0n) is 20.6. The summed E-state index contributed by atoms with van der Waals surface area (Å²) in [5.74, 6) is 0.188. The minimum absolute atomic E-state index is 0.0253. The number of carbonyl (C=O) groups excluding carboxylic acids is 3. The van der Waals surface area contributed by atoms with Crippen LogP contribution < -0.4 is 0 Å². The number of ether oxygens (including phenoxy) is 1. The molecule has 2 fully saturated rings. The van der Waals surface area contributed by atoms with Gasteiger partial charge in [-0.3, -0.25) is 14.5 Å². The highest BCUT2D eigenvalue weighted by Crippen LogP contribution is 2.44. The van der Waals surface area contributed by atoms with Gasteiger partial charge in [0.2, 0.25) is 11.8 Å². The molecule has 5 rings (SSSR count). The van der Waals surface area contributed by atoms with Crippen molar-refractivity contribution < 1.29 is 19.1 Å². The van der Waals surface area contributed by atoms with Gasteiger partial charge in [0.25, 0.3) is 0 Å². The highest BCUT2D eigenvalue weighted by atomic mass is 16.6. The molecule has 2 aliphatic heterocycles. The maximum atomic E-state index is 13.4. The first-order valence-corrected chi connectivity index (χ1v) is 12.6. The van der Waals surface area contributed by atoms with Crippen LogP contribution in [0.4, 0.5) is 4.79 Å². The summed E-state index contributed by atoms with van der Waals surface area (Å²) in [6.07, 6.45) is 0.230. The van der Waals surface area contributed by atoms with Gasteiger partial charge < -0.3 is 14.5 Å². The minimum atomic E-state index is -0.588. The second-order valence-corrected chi connectivity index (χ2v) is 9.96. The third kappa shape index (κ3) is 4.07. The lowest BCUT2D eigenvalue weighted by Crippen LogP contribution is -2.70. The van der Waals surface area contributed by atoms with E-state index in [1.807, 2.05) is 29.2 Å². The summed E-state index contributed by atoms with van der Waals surface area (Å²) < 4.78 is 5.91. The minimum Gasteiger partial charge on any atom is -0.448 e. The molecule has 184 valence electrons. The first-order chi connectivity index (χ1) is 16.9. The van der Waals surface area contributed by atoms with Crippen LogP contribution in [-0.4, -0.2) is 71.1 Å². The highest BCUT2D eigenvalue weighted by Gasteiger charge is 2.47. The Labute approximate surface area is 206 Å². The third-order valence-electron chi connectivity index (χ3n) is 7.80. The molecule has 2 aromatic carbocycles. The normalized spacial score (nSPS) is 22.5. The predicted octanol–water partition coefficient (Wildman–Crippen LogP) is 4.07. The Morgan fingerprint density at radius 1 is 1.06 bits per heavy atom. The van der Waals surface area contributed by atoms with Gasteiger partial charge >= 0.3 is 6.09 Å². The summed E-state index contributed by atoms with van der Waals surface area (Å²) in [6.45, 7) is 7.45. The second-order valence-electron chi connectivity index (χ2n) is 9.96. The maximum absolute atomic E-state index is 13.4. The quantitative estimate of drug-likeness (QED) is 0.654. The molecule has 2 saturated heterocycles. The Morgan fingerprint density at radius 2 is 1.69 bits per heavy atom. The van der Waals surface area contributed by atoms with Crippen molar-refractivity contribution in [3.63, 3.8) is 0 Å². The van der Waals surface area contributed by atoms with Crippen LogP contribution in [0.3, 0.4) is 0 Å². The number of hydrogen-bond acceptors (Lipinski definition) is 4. The largest absolute Gasteiger partial charge is 0.448 e. The molecular weight excluding hydrogens is 442 g/mol. The Kier molecular flexibility index (Phi) is 6.26. The number of nitrogens with zero attached hydrogens (tertiary/aromatic N) is 3. The van der Waals surface area contributed by atoms with Crippen LogP contribution in [0, 0.1) is 5.92 Å². The lowest BCUT2D eigenvalue weighted by Gasteiger charge is -2.51. The van der Waals surface area contributed by atoms with Gasteiger partial charge in [0.15, 0.2) is 0 Å². The van der Waals surface area contributed by atoms with Crippen molar-refractivity contribution >= 4 is 17.9 Å². The summed E-state index contributed by atoms with van der Waals surface area (Å²) in [6, 6.07) is 15.9. The lowest BCUT2D eigenvalue weighted by atomic mass is 9.98. The van der Waals surface area contributed by atoms with Crippen LogP contribution in [0.1, 0.15) is 50.7 Å². The van der Waals surface area contributed by atoms with Crippen LogP contribution in [-0.2, 0) is 14.3 Å².